The first-order valence-electron chi connectivity index (χ1n) is 9.16. The van der Waals surface area contributed by atoms with E-state index in [9.17, 15) is 23.1 Å². The number of ether oxygens (including phenoxy) is 1. The van der Waals surface area contributed by atoms with Crippen LogP contribution in [0.1, 0.15) is 24.8 Å². The monoisotopic (exact) mass is 386 g/mol. The lowest BCUT2D eigenvalue weighted by atomic mass is 9.91. The molecule has 2 atom stereocenters. The predicted molar refractivity (Wildman–Crippen MR) is 93.2 cm³/mol. The number of benzene rings is 1. The number of amides is 1. The minimum Gasteiger partial charge on any atom is -0.490 e. The molecule has 1 aliphatic carbocycles. The third-order valence-corrected chi connectivity index (χ3v) is 5.57. The number of hydrogen-bond acceptors (Lipinski definition) is 4. The van der Waals surface area contributed by atoms with Gasteiger partial charge in [0.25, 0.3) is 0 Å². The number of aliphatic hydroxyl groups is 1. The maximum atomic E-state index is 13.0. The zero-order valence-electron chi connectivity index (χ0n) is 15.3. The van der Waals surface area contributed by atoms with Crippen molar-refractivity contribution < 1.29 is 27.8 Å². The van der Waals surface area contributed by atoms with Crippen LogP contribution in [0.4, 0.5) is 13.2 Å². The minimum atomic E-state index is -4.52. The summed E-state index contributed by atoms with van der Waals surface area (Å²) in [6.45, 7) is 1.55. The molecule has 1 heterocycles. The zero-order valence-corrected chi connectivity index (χ0v) is 15.3. The number of likely N-dealkylation sites (N-methyl/N-ethyl adjacent to an activating group) is 1. The number of para-hydroxylation sites is 1. The molecule has 0 radical (unpaired) electrons. The largest absolute Gasteiger partial charge is 0.490 e. The number of rotatable bonds is 6. The summed E-state index contributed by atoms with van der Waals surface area (Å²) in [4.78, 5) is 14.0. The van der Waals surface area contributed by atoms with Gasteiger partial charge in [-0.05, 0) is 49.9 Å². The van der Waals surface area contributed by atoms with E-state index >= 15 is 0 Å². The van der Waals surface area contributed by atoms with Crippen molar-refractivity contribution in [2.75, 3.05) is 33.3 Å². The van der Waals surface area contributed by atoms with Gasteiger partial charge in [0.2, 0.25) is 5.91 Å². The molecule has 1 spiro atoms. The van der Waals surface area contributed by atoms with Crippen molar-refractivity contribution in [1.82, 2.24) is 10.2 Å². The summed E-state index contributed by atoms with van der Waals surface area (Å²) in [5.74, 6) is -0.343. The van der Waals surface area contributed by atoms with Crippen molar-refractivity contribution in [3.8, 4) is 5.75 Å². The Morgan fingerprint density at radius 1 is 1.37 bits per heavy atom. The second kappa shape index (κ2) is 7.67. The molecule has 27 heavy (non-hydrogen) atoms. The molecule has 8 heteroatoms. The number of alkyl halides is 3. The van der Waals surface area contributed by atoms with Crippen molar-refractivity contribution in [2.24, 2.45) is 11.3 Å². The van der Waals surface area contributed by atoms with E-state index in [-0.39, 0.29) is 36.1 Å². The molecule has 2 fully saturated rings. The van der Waals surface area contributed by atoms with Gasteiger partial charge >= 0.3 is 6.18 Å². The predicted octanol–water partition coefficient (Wildman–Crippen LogP) is 2.29. The van der Waals surface area contributed by atoms with Gasteiger partial charge in [-0.2, -0.15) is 13.2 Å². The maximum Gasteiger partial charge on any atom is 0.419 e. The van der Waals surface area contributed by atoms with Crippen LogP contribution in [0, 0.1) is 11.3 Å². The number of carbonyl (C=O) groups excluding carboxylic acids is 1. The molecule has 150 valence electrons. The molecule has 2 unspecified atom stereocenters. The Balaban J connectivity index is 1.50. The molecule has 2 N–H and O–H groups in total. The Morgan fingerprint density at radius 3 is 2.70 bits per heavy atom. The van der Waals surface area contributed by atoms with Crippen LogP contribution in [0.5, 0.6) is 5.75 Å². The smallest absolute Gasteiger partial charge is 0.419 e. The van der Waals surface area contributed by atoms with Crippen molar-refractivity contribution >= 4 is 5.91 Å². The summed E-state index contributed by atoms with van der Waals surface area (Å²) in [6.07, 6.45) is -2.75. The standard InChI is InChI=1S/C19H25F3N2O3/c1-24(17(26)15-10-18(15)6-8-23-9-7-18)11-13(25)12-27-16-5-3-2-4-14(16)19(20,21)22/h2-5,13,15,23,25H,6-12H2,1H3. The summed E-state index contributed by atoms with van der Waals surface area (Å²) in [5, 5.41) is 13.4. The van der Waals surface area contributed by atoms with Crippen molar-refractivity contribution in [2.45, 2.75) is 31.5 Å². The molecule has 1 aromatic carbocycles. The molecule has 1 amide bonds. The summed E-state index contributed by atoms with van der Waals surface area (Å²) in [5.41, 5.74) is -0.781. The van der Waals surface area contributed by atoms with E-state index < -0.39 is 17.8 Å². The number of nitrogens with zero attached hydrogens (tertiary/aromatic N) is 1. The number of hydrogen-bond donors (Lipinski definition) is 2. The Hall–Kier alpha value is -1.80. The van der Waals surface area contributed by atoms with Gasteiger partial charge in [0.05, 0.1) is 5.56 Å². The van der Waals surface area contributed by atoms with E-state index in [1.54, 1.807) is 7.05 Å². The van der Waals surface area contributed by atoms with Crippen LogP contribution in [-0.2, 0) is 11.0 Å². The van der Waals surface area contributed by atoms with E-state index in [1.807, 2.05) is 0 Å². The maximum absolute atomic E-state index is 13.0. The van der Waals surface area contributed by atoms with E-state index in [4.69, 9.17) is 4.74 Å². The highest BCUT2D eigenvalue weighted by Gasteiger charge is 2.58. The quantitative estimate of drug-likeness (QED) is 0.788. The fourth-order valence-electron chi connectivity index (χ4n) is 3.91. The van der Waals surface area contributed by atoms with Crippen LogP contribution in [0.15, 0.2) is 24.3 Å². The van der Waals surface area contributed by atoms with Crippen LogP contribution in [0.2, 0.25) is 0 Å². The van der Waals surface area contributed by atoms with Gasteiger partial charge in [-0.15, -0.1) is 0 Å². The van der Waals surface area contributed by atoms with Crippen LogP contribution in [-0.4, -0.2) is 55.3 Å². The third-order valence-electron chi connectivity index (χ3n) is 5.57. The van der Waals surface area contributed by atoms with E-state index in [2.05, 4.69) is 5.32 Å². The van der Waals surface area contributed by atoms with Gasteiger partial charge < -0.3 is 20.1 Å². The number of nitrogens with one attached hydrogen (secondary N) is 1. The number of halogens is 3. The van der Waals surface area contributed by atoms with Crippen molar-refractivity contribution in [3.63, 3.8) is 0 Å². The summed E-state index contributed by atoms with van der Waals surface area (Å²) >= 11 is 0. The van der Waals surface area contributed by atoms with Crippen LogP contribution in [0.25, 0.3) is 0 Å². The SMILES string of the molecule is CN(CC(O)COc1ccccc1C(F)(F)F)C(=O)C1CC12CCNCC2. The van der Waals surface area contributed by atoms with Gasteiger partial charge in [-0.3, -0.25) is 4.79 Å². The summed E-state index contributed by atoms with van der Waals surface area (Å²) < 4.78 is 44.1. The van der Waals surface area contributed by atoms with Crippen LogP contribution >= 0.6 is 0 Å². The Bertz CT molecular complexity index is 674. The first kappa shape index (κ1) is 19.9. The molecule has 0 bridgehead atoms. The highest BCUT2D eigenvalue weighted by molar-refractivity contribution is 5.82. The summed E-state index contributed by atoms with van der Waals surface area (Å²) in [7, 11) is 1.61. The molecule has 3 rings (SSSR count). The van der Waals surface area contributed by atoms with Crippen molar-refractivity contribution in [1.29, 1.82) is 0 Å². The number of carbonyl (C=O) groups is 1. The van der Waals surface area contributed by atoms with Crippen LogP contribution < -0.4 is 10.1 Å². The Morgan fingerprint density at radius 2 is 2.04 bits per heavy atom. The molecule has 5 nitrogen and oxygen atoms in total. The lowest BCUT2D eigenvalue weighted by Gasteiger charge is -2.26. The number of piperidine rings is 1. The van der Waals surface area contributed by atoms with Gasteiger partial charge in [0.15, 0.2) is 0 Å². The molecule has 2 aliphatic rings. The van der Waals surface area contributed by atoms with Gasteiger partial charge in [-0.25, -0.2) is 0 Å². The fraction of sp³-hybridized carbons (Fsp3) is 0.632. The topological polar surface area (TPSA) is 61.8 Å². The molecular formula is C19H25F3N2O3. The lowest BCUT2D eigenvalue weighted by molar-refractivity contribution is -0.139. The highest BCUT2D eigenvalue weighted by atomic mass is 19.4. The average Bonchev–Trinajstić information content (AvgIpc) is 3.32. The van der Waals surface area contributed by atoms with Crippen molar-refractivity contribution in [3.05, 3.63) is 29.8 Å². The van der Waals surface area contributed by atoms with Crippen LogP contribution in [0.3, 0.4) is 0 Å². The van der Waals surface area contributed by atoms with E-state index in [0.717, 1.165) is 38.4 Å². The Labute approximate surface area is 156 Å². The molecular weight excluding hydrogens is 361 g/mol. The minimum absolute atomic E-state index is 0.00774. The highest BCUT2D eigenvalue weighted by Crippen LogP contribution is 2.59. The molecule has 1 aliphatic heterocycles. The fourth-order valence-corrected chi connectivity index (χ4v) is 3.91. The average molecular weight is 386 g/mol. The van der Waals surface area contributed by atoms with E-state index in [1.165, 1.54) is 23.1 Å². The Kier molecular flexibility index (Phi) is 5.67. The molecule has 0 aromatic heterocycles. The van der Waals surface area contributed by atoms with Gasteiger partial charge in [0, 0.05) is 19.5 Å². The second-order valence-electron chi connectivity index (χ2n) is 7.55. The zero-order chi connectivity index (χ0) is 19.7. The van der Waals surface area contributed by atoms with E-state index in [0.29, 0.717) is 0 Å². The molecule has 1 saturated heterocycles. The second-order valence-corrected chi connectivity index (χ2v) is 7.55. The van der Waals surface area contributed by atoms with Gasteiger partial charge in [-0.1, -0.05) is 12.1 Å². The van der Waals surface area contributed by atoms with Gasteiger partial charge in [0.1, 0.15) is 18.5 Å². The summed E-state index contributed by atoms with van der Waals surface area (Å²) in [6, 6.07) is 4.88. The molecule has 1 aromatic rings. The molecule has 1 saturated carbocycles. The normalized spacial score (nSPS) is 22.3. The number of aliphatic hydroxyl groups excluding tert-OH is 1. The first-order chi connectivity index (χ1) is 12.7. The third kappa shape index (κ3) is 4.55. The first-order valence-corrected chi connectivity index (χ1v) is 9.16. The lowest BCUT2D eigenvalue weighted by Crippen LogP contribution is -2.39.